The molecule has 1 atom stereocenters. The highest BCUT2D eigenvalue weighted by Crippen LogP contribution is 2.29. The van der Waals surface area contributed by atoms with E-state index in [-0.39, 0.29) is 12.5 Å². The summed E-state index contributed by atoms with van der Waals surface area (Å²) in [6.07, 6.45) is 0. The molecule has 0 radical (unpaired) electrons. The molecule has 0 aliphatic carbocycles. The summed E-state index contributed by atoms with van der Waals surface area (Å²) < 4.78 is 11.0. The zero-order valence-electron chi connectivity index (χ0n) is 11.4. The van der Waals surface area contributed by atoms with E-state index in [1.54, 1.807) is 0 Å². The van der Waals surface area contributed by atoms with Crippen LogP contribution in [0.2, 0.25) is 0 Å². The van der Waals surface area contributed by atoms with Gasteiger partial charge in [0.1, 0.15) is 11.5 Å². The summed E-state index contributed by atoms with van der Waals surface area (Å²) in [5.41, 5.74) is 0.906. The van der Waals surface area contributed by atoms with Crippen molar-refractivity contribution in [2.45, 2.75) is 20.8 Å². The first-order valence-electron chi connectivity index (χ1n) is 6.45. The predicted octanol–water partition coefficient (Wildman–Crippen LogP) is 2.52. The molecular weight excluding hydrogens is 230 g/mol. The lowest BCUT2D eigenvalue weighted by atomic mass is 10.2. The van der Waals surface area contributed by atoms with Crippen molar-refractivity contribution in [3.63, 3.8) is 0 Å². The standard InChI is InChI=1S/C14H23NO3/c1-4-17-12-6-7-14(18-5-2)13(8-12)15-9-11(3)10-16/h6-8,11,15-16H,4-5,9-10H2,1-3H3. The molecule has 0 saturated carbocycles. The third-order valence-corrected chi connectivity index (χ3v) is 2.51. The van der Waals surface area contributed by atoms with Crippen LogP contribution in [0, 0.1) is 5.92 Å². The molecule has 0 aliphatic rings. The minimum absolute atomic E-state index is 0.169. The first-order chi connectivity index (χ1) is 8.71. The third-order valence-electron chi connectivity index (χ3n) is 2.51. The highest BCUT2D eigenvalue weighted by Gasteiger charge is 2.07. The van der Waals surface area contributed by atoms with Gasteiger partial charge in [-0.15, -0.1) is 0 Å². The Kier molecular flexibility index (Phi) is 6.36. The van der Waals surface area contributed by atoms with Gasteiger partial charge < -0.3 is 19.9 Å². The van der Waals surface area contributed by atoms with Crippen molar-refractivity contribution in [3.05, 3.63) is 18.2 Å². The maximum Gasteiger partial charge on any atom is 0.142 e. The minimum atomic E-state index is 0.169. The summed E-state index contributed by atoms with van der Waals surface area (Å²) in [5, 5.41) is 12.3. The zero-order chi connectivity index (χ0) is 13.4. The number of anilines is 1. The van der Waals surface area contributed by atoms with Gasteiger partial charge in [-0.3, -0.25) is 0 Å². The lowest BCUT2D eigenvalue weighted by Crippen LogP contribution is -2.15. The van der Waals surface area contributed by atoms with Crippen LogP contribution in [0.15, 0.2) is 18.2 Å². The molecule has 0 aliphatic heterocycles. The van der Waals surface area contributed by atoms with Crippen molar-refractivity contribution in [2.75, 3.05) is 31.7 Å². The Morgan fingerprint density at radius 2 is 1.94 bits per heavy atom. The Morgan fingerprint density at radius 1 is 1.22 bits per heavy atom. The number of rotatable bonds is 8. The summed E-state index contributed by atoms with van der Waals surface area (Å²) in [6, 6.07) is 5.73. The second-order valence-electron chi connectivity index (χ2n) is 4.19. The zero-order valence-corrected chi connectivity index (χ0v) is 11.4. The topological polar surface area (TPSA) is 50.7 Å². The average Bonchev–Trinajstić information content (AvgIpc) is 2.39. The summed E-state index contributed by atoms with van der Waals surface area (Å²) in [6.45, 7) is 8.03. The number of benzene rings is 1. The number of ether oxygens (including phenoxy) is 2. The van der Waals surface area contributed by atoms with E-state index in [0.717, 1.165) is 17.2 Å². The molecule has 0 saturated heterocycles. The van der Waals surface area contributed by atoms with Crippen LogP contribution in [0.1, 0.15) is 20.8 Å². The molecule has 102 valence electrons. The van der Waals surface area contributed by atoms with Crippen LogP contribution in [0.25, 0.3) is 0 Å². The maximum absolute atomic E-state index is 9.03. The fourth-order valence-corrected chi connectivity index (χ4v) is 1.53. The molecule has 0 spiro atoms. The van der Waals surface area contributed by atoms with E-state index in [0.29, 0.717) is 19.8 Å². The molecule has 0 aromatic heterocycles. The van der Waals surface area contributed by atoms with Crippen molar-refractivity contribution in [1.82, 2.24) is 0 Å². The normalized spacial score (nSPS) is 12.0. The van der Waals surface area contributed by atoms with Crippen molar-refractivity contribution >= 4 is 5.69 Å². The Balaban J connectivity index is 2.78. The molecule has 0 bridgehead atoms. The largest absolute Gasteiger partial charge is 0.494 e. The quantitative estimate of drug-likeness (QED) is 0.747. The molecular formula is C14H23NO3. The van der Waals surface area contributed by atoms with Crippen LogP contribution in [0.3, 0.4) is 0 Å². The molecule has 0 heterocycles. The van der Waals surface area contributed by atoms with Crippen LogP contribution in [-0.4, -0.2) is 31.5 Å². The van der Waals surface area contributed by atoms with Crippen LogP contribution < -0.4 is 14.8 Å². The van der Waals surface area contributed by atoms with Gasteiger partial charge in [0.15, 0.2) is 0 Å². The fourth-order valence-electron chi connectivity index (χ4n) is 1.53. The van der Waals surface area contributed by atoms with Crippen molar-refractivity contribution in [1.29, 1.82) is 0 Å². The number of hydrogen-bond donors (Lipinski definition) is 2. The maximum atomic E-state index is 9.03. The van der Waals surface area contributed by atoms with Crippen molar-refractivity contribution in [2.24, 2.45) is 5.92 Å². The van der Waals surface area contributed by atoms with Gasteiger partial charge in [0.25, 0.3) is 0 Å². The monoisotopic (exact) mass is 253 g/mol. The van der Waals surface area contributed by atoms with Gasteiger partial charge in [0.05, 0.1) is 18.9 Å². The lowest BCUT2D eigenvalue weighted by molar-refractivity contribution is 0.244. The van der Waals surface area contributed by atoms with Gasteiger partial charge in [-0.2, -0.15) is 0 Å². The molecule has 1 rings (SSSR count). The van der Waals surface area contributed by atoms with Gasteiger partial charge >= 0.3 is 0 Å². The molecule has 4 heteroatoms. The van der Waals surface area contributed by atoms with Gasteiger partial charge in [0.2, 0.25) is 0 Å². The molecule has 0 amide bonds. The number of hydrogen-bond acceptors (Lipinski definition) is 4. The van der Waals surface area contributed by atoms with Crippen molar-refractivity contribution < 1.29 is 14.6 Å². The van der Waals surface area contributed by atoms with Gasteiger partial charge in [-0.25, -0.2) is 0 Å². The average molecular weight is 253 g/mol. The third kappa shape index (κ3) is 4.45. The fraction of sp³-hybridized carbons (Fsp3) is 0.571. The van der Waals surface area contributed by atoms with Crippen molar-refractivity contribution in [3.8, 4) is 11.5 Å². The van der Waals surface area contributed by atoms with Gasteiger partial charge in [-0.1, -0.05) is 6.92 Å². The Hall–Kier alpha value is -1.42. The summed E-state index contributed by atoms with van der Waals surface area (Å²) in [5.74, 6) is 1.83. The highest BCUT2D eigenvalue weighted by atomic mass is 16.5. The summed E-state index contributed by atoms with van der Waals surface area (Å²) >= 11 is 0. The molecule has 4 nitrogen and oxygen atoms in total. The molecule has 1 aromatic rings. The van der Waals surface area contributed by atoms with Crippen LogP contribution in [0.5, 0.6) is 11.5 Å². The van der Waals surface area contributed by atoms with Crippen LogP contribution >= 0.6 is 0 Å². The lowest BCUT2D eigenvalue weighted by Gasteiger charge is -2.16. The minimum Gasteiger partial charge on any atom is -0.494 e. The molecule has 1 unspecified atom stereocenters. The molecule has 0 fully saturated rings. The second-order valence-corrected chi connectivity index (χ2v) is 4.19. The number of aliphatic hydroxyl groups is 1. The smallest absolute Gasteiger partial charge is 0.142 e. The SMILES string of the molecule is CCOc1ccc(OCC)c(NCC(C)CO)c1. The van der Waals surface area contributed by atoms with E-state index in [1.165, 1.54) is 0 Å². The molecule has 2 N–H and O–H groups in total. The van der Waals surface area contributed by atoms with Gasteiger partial charge in [-0.05, 0) is 31.9 Å². The predicted molar refractivity (Wildman–Crippen MR) is 73.5 cm³/mol. The summed E-state index contributed by atoms with van der Waals surface area (Å²) in [7, 11) is 0. The van der Waals surface area contributed by atoms with Crippen LogP contribution in [0.4, 0.5) is 5.69 Å². The molecule has 1 aromatic carbocycles. The van der Waals surface area contributed by atoms with E-state index in [4.69, 9.17) is 14.6 Å². The van der Waals surface area contributed by atoms with Gasteiger partial charge in [0, 0.05) is 19.2 Å². The first kappa shape index (κ1) is 14.6. The van der Waals surface area contributed by atoms with Crippen LogP contribution in [-0.2, 0) is 0 Å². The van der Waals surface area contributed by atoms with E-state index in [9.17, 15) is 0 Å². The Labute approximate surface area is 109 Å². The van der Waals surface area contributed by atoms with E-state index in [1.807, 2.05) is 39.0 Å². The highest BCUT2D eigenvalue weighted by molar-refractivity contribution is 5.59. The molecule has 18 heavy (non-hydrogen) atoms. The second kappa shape index (κ2) is 7.82. The van der Waals surface area contributed by atoms with E-state index < -0.39 is 0 Å². The number of aliphatic hydroxyl groups excluding tert-OH is 1. The Morgan fingerprint density at radius 3 is 2.56 bits per heavy atom. The number of nitrogens with one attached hydrogen (secondary N) is 1. The first-order valence-corrected chi connectivity index (χ1v) is 6.45. The summed E-state index contributed by atoms with van der Waals surface area (Å²) in [4.78, 5) is 0. The van der Waals surface area contributed by atoms with E-state index in [2.05, 4.69) is 5.32 Å². The van der Waals surface area contributed by atoms with E-state index >= 15 is 0 Å². The Bertz CT molecular complexity index is 355.